The standard InChI is InChI=1S/C15H14N2O3S/c1-3-11-5-4-6-12(9-11)17-21(18,19)15-8-7-13(20-2)10-14(15)16/h1,4-10,17H,16H2,2H3. The summed E-state index contributed by atoms with van der Waals surface area (Å²) in [6.07, 6.45) is 5.29. The second-order valence-corrected chi connectivity index (χ2v) is 5.89. The van der Waals surface area contributed by atoms with E-state index in [0.717, 1.165) is 0 Å². The van der Waals surface area contributed by atoms with Crippen LogP contribution in [-0.4, -0.2) is 15.5 Å². The Morgan fingerprint density at radius 3 is 2.62 bits per heavy atom. The molecule has 0 fully saturated rings. The number of methoxy groups -OCH3 is 1. The first-order valence-corrected chi connectivity index (χ1v) is 7.47. The van der Waals surface area contributed by atoms with Gasteiger partial charge in [0.25, 0.3) is 10.0 Å². The van der Waals surface area contributed by atoms with Gasteiger partial charge in [0.05, 0.1) is 18.5 Å². The number of hydrogen-bond donors (Lipinski definition) is 2. The summed E-state index contributed by atoms with van der Waals surface area (Å²) in [5, 5.41) is 0. The van der Waals surface area contributed by atoms with Crippen molar-refractivity contribution in [2.24, 2.45) is 0 Å². The fourth-order valence-electron chi connectivity index (χ4n) is 1.78. The van der Waals surface area contributed by atoms with E-state index in [1.807, 2.05) is 0 Å². The molecule has 0 aromatic heterocycles. The molecule has 3 N–H and O–H groups in total. The maximum Gasteiger partial charge on any atom is 0.263 e. The fourth-order valence-corrected chi connectivity index (χ4v) is 2.94. The molecule has 108 valence electrons. The van der Waals surface area contributed by atoms with Gasteiger partial charge in [-0.05, 0) is 30.3 Å². The van der Waals surface area contributed by atoms with E-state index in [1.54, 1.807) is 24.3 Å². The van der Waals surface area contributed by atoms with Crippen molar-refractivity contribution in [3.8, 4) is 18.1 Å². The van der Waals surface area contributed by atoms with Crippen molar-refractivity contribution in [1.82, 2.24) is 0 Å². The van der Waals surface area contributed by atoms with Crippen LogP contribution in [0.3, 0.4) is 0 Å². The van der Waals surface area contributed by atoms with Crippen LogP contribution in [0.15, 0.2) is 47.4 Å². The van der Waals surface area contributed by atoms with Gasteiger partial charge in [-0.3, -0.25) is 4.72 Å². The minimum Gasteiger partial charge on any atom is -0.497 e. The van der Waals surface area contributed by atoms with Gasteiger partial charge in [-0.1, -0.05) is 12.0 Å². The molecule has 21 heavy (non-hydrogen) atoms. The zero-order chi connectivity index (χ0) is 15.5. The minimum absolute atomic E-state index is 0.0191. The molecule has 6 heteroatoms. The summed E-state index contributed by atoms with van der Waals surface area (Å²) < 4.78 is 32.1. The van der Waals surface area contributed by atoms with Crippen LogP contribution in [0.5, 0.6) is 5.75 Å². The molecule has 2 aromatic carbocycles. The van der Waals surface area contributed by atoms with Crippen LogP contribution in [0.4, 0.5) is 11.4 Å². The third-order valence-electron chi connectivity index (χ3n) is 2.79. The second-order valence-electron chi connectivity index (χ2n) is 4.23. The second kappa shape index (κ2) is 5.77. The molecule has 0 atom stereocenters. The SMILES string of the molecule is C#Cc1cccc(NS(=O)(=O)c2ccc(OC)cc2N)c1. The number of benzene rings is 2. The van der Waals surface area contributed by atoms with Gasteiger partial charge in [-0.2, -0.15) is 0 Å². The Morgan fingerprint density at radius 1 is 1.24 bits per heavy atom. The summed E-state index contributed by atoms with van der Waals surface area (Å²) in [7, 11) is -2.31. The molecule has 0 aliphatic heterocycles. The molecule has 5 nitrogen and oxygen atoms in total. The molecular formula is C15H14N2O3S. The Kier molecular flexibility index (Phi) is 4.05. The van der Waals surface area contributed by atoms with Crippen LogP contribution in [0.2, 0.25) is 0 Å². The van der Waals surface area contributed by atoms with Gasteiger partial charge >= 0.3 is 0 Å². The number of terminal acetylenes is 1. The largest absolute Gasteiger partial charge is 0.497 e. The van der Waals surface area contributed by atoms with E-state index < -0.39 is 10.0 Å². The molecule has 0 unspecified atom stereocenters. The molecule has 0 heterocycles. The van der Waals surface area contributed by atoms with Gasteiger partial charge in [0, 0.05) is 11.6 Å². The Hall–Kier alpha value is -2.65. The highest BCUT2D eigenvalue weighted by Gasteiger charge is 2.18. The summed E-state index contributed by atoms with van der Waals surface area (Å²) in [6.45, 7) is 0. The minimum atomic E-state index is -3.79. The number of nitrogens with two attached hydrogens (primary N) is 1. The zero-order valence-electron chi connectivity index (χ0n) is 11.3. The van der Waals surface area contributed by atoms with E-state index in [-0.39, 0.29) is 10.6 Å². The number of hydrogen-bond acceptors (Lipinski definition) is 4. The maximum atomic E-state index is 12.3. The highest BCUT2D eigenvalue weighted by atomic mass is 32.2. The first kappa shape index (κ1) is 14.8. The quantitative estimate of drug-likeness (QED) is 0.669. The summed E-state index contributed by atoms with van der Waals surface area (Å²) in [6, 6.07) is 10.9. The third-order valence-corrected chi connectivity index (χ3v) is 4.24. The maximum absolute atomic E-state index is 12.3. The van der Waals surface area contributed by atoms with E-state index in [9.17, 15) is 8.42 Å². The Bertz CT molecular complexity index is 808. The monoisotopic (exact) mass is 302 g/mol. The molecule has 0 saturated carbocycles. The van der Waals surface area contributed by atoms with E-state index in [2.05, 4.69) is 10.6 Å². The normalized spacial score (nSPS) is 10.7. The van der Waals surface area contributed by atoms with Crippen LogP contribution in [-0.2, 0) is 10.0 Å². The van der Waals surface area contributed by atoms with Crippen LogP contribution in [0.25, 0.3) is 0 Å². The number of ether oxygens (including phenoxy) is 1. The topological polar surface area (TPSA) is 81.4 Å². The van der Waals surface area contributed by atoms with Gasteiger partial charge in [-0.15, -0.1) is 6.42 Å². The molecule has 0 saturated heterocycles. The van der Waals surface area contributed by atoms with Gasteiger partial charge in [0.15, 0.2) is 0 Å². The first-order chi connectivity index (χ1) is 9.96. The molecule has 0 aliphatic carbocycles. The number of anilines is 2. The highest BCUT2D eigenvalue weighted by molar-refractivity contribution is 7.92. The van der Waals surface area contributed by atoms with Crippen LogP contribution in [0, 0.1) is 12.3 Å². The third kappa shape index (κ3) is 3.27. The lowest BCUT2D eigenvalue weighted by molar-refractivity contribution is 0.414. The van der Waals surface area contributed by atoms with Crippen molar-refractivity contribution < 1.29 is 13.2 Å². The Morgan fingerprint density at radius 2 is 2.00 bits per heavy atom. The lowest BCUT2D eigenvalue weighted by atomic mass is 10.2. The molecule has 0 aliphatic rings. The van der Waals surface area contributed by atoms with Gasteiger partial charge < -0.3 is 10.5 Å². The summed E-state index contributed by atoms with van der Waals surface area (Å²) in [5.74, 6) is 2.93. The van der Waals surface area contributed by atoms with Gasteiger partial charge in [0.2, 0.25) is 0 Å². The molecule has 0 spiro atoms. The average Bonchev–Trinajstić information content (AvgIpc) is 2.46. The number of sulfonamides is 1. The molecule has 2 aromatic rings. The molecule has 2 rings (SSSR count). The van der Waals surface area contributed by atoms with E-state index in [4.69, 9.17) is 16.9 Å². The van der Waals surface area contributed by atoms with Crippen LogP contribution in [0.1, 0.15) is 5.56 Å². The van der Waals surface area contributed by atoms with Crippen molar-refractivity contribution in [3.05, 3.63) is 48.0 Å². The number of nitrogen functional groups attached to an aromatic ring is 1. The molecule has 0 bridgehead atoms. The van der Waals surface area contributed by atoms with Crippen molar-refractivity contribution in [1.29, 1.82) is 0 Å². The Balaban J connectivity index is 2.36. The fraction of sp³-hybridized carbons (Fsp3) is 0.0667. The number of nitrogens with one attached hydrogen (secondary N) is 1. The summed E-state index contributed by atoms with van der Waals surface area (Å²) in [4.78, 5) is -0.0191. The predicted molar refractivity (Wildman–Crippen MR) is 82.6 cm³/mol. The van der Waals surface area contributed by atoms with Crippen molar-refractivity contribution >= 4 is 21.4 Å². The highest BCUT2D eigenvalue weighted by Crippen LogP contribution is 2.25. The van der Waals surface area contributed by atoms with Crippen molar-refractivity contribution in [3.63, 3.8) is 0 Å². The van der Waals surface area contributed by atoms with Crippen LogP contribution >= 0.6 is 0 Å². The number of rotatable bonds is 4. The summed E-state index contributed by atoms with van der Waals surface area (Å²) >= 11 is 0. The van der Waals surface area contributed by atoms with E-state index >= 15 is 0 Å². The smallest absolute Gasteiger partial charge is 0.263 e. The molecule has 0 amide bonds. The van der Waals surface area contributed by atoms with Gasteiger partial charge in [0.1, 0.15) is 10.6 Å². The molecule has 0 radical (unpaired) electrons. The van der Waals surface area contributed by atoms with Crippen molar-refractivity contribution in [2.75, 3.05) is 17.6 Å². The Labute approximate surface area is 123 Å². The van der Waals surface area contributed by atoms with Crippen molar-refractivity contribution in [2.45, 2.75) is 4.90 Å². The first-order valence-electron chi connectivity index (χ1n) is 5.99. The van der Waals surface area contributed by atoms with Crippen LogP contribution < -0.4 is 15.2 Å². The average molecular weight is 302 g/mol. The van der Waals surface area contributed by atoms with E-state index in [0.29, 0.717) is 17.0 Å². The van der Waals surface area contributed by atoms with E-state index in [1.165, 1.54) is 25.3 Å². The summed E-state index contributed by atoms with van der Waals surface area (Å²) in [5.41, 5.74) is 6.82. The lowest BCUT2D eigenvalue weighted by Crippen LogP contribution is -2.14. The molecular weight excluding hydrogens is 288 g/mol. The zero-order valence-corrected chi connectivity index (χ0v) is 12.1. The van der Waals surface area contributed by atoms with Gasteiger partial charge in [-0.25, -0.2) is 8.42 Å². The predicted octanol–water partition coefficient (Wildman–Crippen LogP) is 2.06. The lowest BCUT2D eigenvalue weighted by Gasteiger charge is -2.11.